The van der Waals surface area contributed by atoms with E-state index in [-0.39, 0.29) is 5.54 Å². The lowest BCUT2D eigenvalue weighted by Gasteiger charge is -2.34. The summed E-state index contributed by atoms with van der Waals surface area (Å²) in [4.78, 5) is 5.76. The lowest BCUT2D eigenvalue weighted by atomic mass is 10.0. The molecule has 0 aliphatic carbocycles. The van der Waals surface area contributed by atoms with E-state index < -0.39 is 0 Å². The van der Waals surface area contributed by atoms with E-state index in [1.54, 1.807) is 6.07 Å². The molecule has 3 nitrogen and oxygen atoms in total. The van der Waals surface area contributed by atoms with Crippen molar-refractivity contribution in [1.29, 1.82) is 0 Å². The Labute approximate surface area is 127 Å². The number of phenolic OH excluding ortho intramolecular Hbond substituents is 1. The van der Waals surface area contributed by atoms with Gasteiger partial charge in [0.2, 0.25) is 0 Å². The Bertz CT molecular complexity index is 634. The first-order chi connectivity index (χ1) is 9.84. The van der Waals surface area contributed by atoms with Gasteiger partial charge in [0.1, 0.15) is 5.75 Å². The van der Waals surface area contributed by atoms with Crippen LogP contribution < -0.4 is 0 Å². The number of aromatic amines is 1. The minimum absolute atomic E-state index is 0.107. The van der Waals surface area contributed by atoms with E-state index in [1.807, 2.05) is 18.2 Å². The van der Waals surface area contributed by atoms with Crippen molar-refractivity contribution in [3.05, 3.63) is 42.1 Å². The van der Waals surface area contributed by atoms with Gasteiger partial charge in [-0.2, -0.15) is 0 Å². The van der Waals surface area contributed by atoms with Gasteiger partial charge in [-0.1, -0.05) is 12.1 Å². The van der Waals surface area contributed by atoms with Gasteiger partial charge >= 0.3 is 0 Å². The molecule has 1 aromatic carbocycles. The number of aromatic nitrogens is 1. The topological polar surface area (TPSA) is 39.3 Å². The van der Waals surface area contributed by atoms with Crippen LogP contribution in [-0.4, -0.2) is 33.6 Å². The smallest absolute Gasteiger partial charge is 0.125 e. The average molecular weight is 286 g/mol. The standard InChI is InChI=1S/C18H26N2O/c1-6-11-20(18(3,4)5)12-10-14-13(2)19-15-8-7-9-16(21)17(14)15/h6-9,19,21H,1,10-12H2,2-5H3. The molecule has 2 aromatic rings. The lowest BCUT2D eigenvalue weighted by molar-refractivity contribution is 0.156. The number of fused-ring (bicyclic) bond motifs is 1. The maximum atomic E-state index is 10.1. The van der Waals surface area contributed by atoms with E-state index in [1.165, 1.54) is 5.56 Å². The molecule has 0 amide bonds. The maximum absolute atomic E-state index is 10.1. The van der Waals surface area contributed by atoms with Gasteiger partial charge in [0, 0.05) is 35.2 Å². The zero-order chi connectivity index (χ0) is 15.6. The molecule has 0 saturated carbocycles. The fourth-order valence-corrected chi connectivity index (χ4v) is 2.84. The van der Waals surface area contributed by atoms with E-state index in [9.17, 15) is 5.11 Å². The number of H-pyrrole nitrogens is 1. The van der Waals surface area contributed by atoms with Crippen molar-refractivity contribution in [2.75, 3.05) is 13.1 Å². The Kier molecular flexibility index (Phi) is 4.43. The second kappa shape index (κ2) is 5.94. The molecule has 21 heavy (non-hydrogen) atoms. The summed E-state index contributed by atoms with van der Waals surface area (Å²) in [6.45, 7) is 14.4. The van der Waals surface area contributed by atoms with Crippen molar-refractivity contribution in [1.82, 2.24) is 9.88 Å². The monoisotopic (exact) mass is 286 g/mol. The van der Waals surface area contributed by atoms with Crippen molar-refractivity contribution in [2.45, 2.75) is 39.7 Å². The summed E-state index contributed by atoms with van der Waals surface area (Å²) >= 11 is 0. The van der Waals surface area contributed by atoms with Crippen molar-refractivity contribution in [2.24, 2.45) is 0 Å². The van der Waals surface area contributed by atoms with Gasteiger partial charge in [-0.25, -0.2) is 0 Å². The molecule has 2 N–H and O–H groups in total. The summed E-state index contributed by atoms with van der Waals surface area (Å²) in [5.41, 5.74) is 3.46. The first-order valence-corrected chi connectivity index (χ1v) is 7.49. The molecule has 0 radical (unpaired) electrons. The number of nitrogens with zero attached hydrogens (tertiary/aromatic N) is 1. The number of aryl methyl sites for hydroxylation is 1. The molecule has 0 unspecified atom stereocenters. The summed E-state index contributed by atoms with van der Waals surface area (Å²) in [5.74, 6) is 0.359. The Morgan fingerprint density at radius 3 is 2.67 bits per heavy atom. The fourth-order valence-electron chi connectivity index (χ4n) is 2.84. The van der Waals surface area contributed by atoms with Crippen molar-refractivity contribution in [3.8, 4) is 5.75 Å². The van der Waals surface area contributed by atoms with Crippen LogP contribution in [0.2, 0.25) is 0 Å². The molecule has 0 atom stereocenters. The fraction of sp³-hybridized carbons (Fsp3) is 0.444. The zero-order valence-electron chi connectivity index (χ0n) is 13.5. The second-order valence-electron chi connectivity index (χ2n) is 6.58. The number of benzene rings is 1. The van der Waals surface area contributed by atoms with Crippen LogP contribution in [0.1, 0.15) is 32.0 Å². The molecule has 3 heteroatoms. The third-order valence-electron chi connectivity index (χ3n) is 4.05. The van der Waals surface area contributed by atoms with Gasteiger partial charge in [-0.15, -0.1) is 6.58 Å². The Morgan fingerprint density at radius 2 is 2.05 bits per heavy atom. The summed E-state index contributed by atoms with van der Waals surface area (Å²) in [6.07, 6.45) is 2.86. The number of aromatic hydroxyl groups is 1. The molecule has 0 spiro atoms. The number of nitrogens with one attached hydrogen (secondary N) is 1. The highest BCUT2D eigenvalue weighted by atomic mass is 16.3. The molecule has 1 aromatic heterocycles. The van der Waals surface area contributed by atoms with Crippen LogP contribution in [0.3, 0.4) is 0 Å². The zero-order valence-corrected chi connectivity index (χ0v) is 13.5. The van der Waals surface area contributed by atoms with Gasteiger partial charge in [-0.3, -0.25) is 4.90 Å². The number of hydrogen-bond donors (Lipinski definition) is 2. The van der Waals surface area contributed by atoms with E-state index in [0.29, 0.717) is 5.75 Å². The highest BCUT2D eigenvalue weighted by Gasteiger charge is 2.21. The summed E-state index contributed by atoms with van der Waals surface area (Å²) < 4.78 is 0. The molecule has 0 aliphatic heterocycles. The van der Waals surface area contributed by atoms with Crippen molar-refractivity contribution >= 4 is 10.9 Å². The molecule has 0 aliphatic rings. The van der Waals surface area contributed by atoms with Crippen LogP contribution >= 0.6 is 0 Å². The van der Waals surface area contributed by atoms with E-state index >= 15 is 0 Å². The van der Waals surface area contributed by atoms with Crippen molar-refractivity contribution < 1.29 is 5.11 Å². The Hall–Kier alpha value is -1.74. The minimum atomic E-state index is 0.107. The summed E-state index contributed by atoms with van der Waals surface area (Å²) in [7, 11) is 0. The average Bonchev–Trinajstić information content (AvgIpc) is 2.70. The van der Waals surface area contributed by atoms with Gasteiger partial charge in [0.15, 0.2) is 0 Å². The molecular formula is C18H26N2O. The molecular weight excluding hydrogens is 260 g/mol. The van der Waals surface area contributed by atoms with E-state index in [4.69, 9.17) is 0 Å². The third-order valence-corrected chi connectivity index (χ3v) is 4.05. The largest absolute Gasteiger partial charge is 0.507 e. The predicted molar refractivity (Wildman–Crippen MR) is 89.9 cm³/mol. The number of hydrogen-bond acceptors (Lipinski definition) is 2. The summed E-state index contributed by atoms with van der Waals surface area (Å²) in [6, 6.07) is 5.64. The Morgan fingerprint density at radius 1 is 1.33 bits per heavy atom. The number of rotatable bonds is 5. The van der Waals surface area contributed by atoms with Crippen LogP contribution in [0.25, 0.3) is 10.9 Å². The van der Waals surface area contributed by atoms with Crippen molar-refractivity contribution in [3.63, 3.8) is 0 Å². The second-order valence-corrected chi connectivity index (χ2v) is 6.58. The first kappa shape index (κ1) is 15.6. The lowest BCUT2D eigenvalue weighted by Crippen LogP contribution is -2.42. The minimum Gasteiger partial charge on any atom is -0.507 e. The van der Waals surface area contributed by atoms with Crippen LogP contribution in [0.15, 0.2) is 30.9 Å². The quantitative estimate of drug-likeness (QED) is 0.815. The predicted octanol–water partition coefficient (Wildman–Crippen LogP) is 4.01. The normalized spacial score (nSPS) is 12.2. The van der Waals surface area contributed by atoms with Crippen LogP contribution in [0.5, 0.6) is 5.75 Å². The molecule has 0 fully saturated rings. The van der Waals surface area contributed by atoms with Gasteiger partial charge in [0.25, 0.3) is 0 Å². The summed E-state index contributed by atoms with van der Waals surface area (Å²) in [5, 5.41) is 11.1. The van der Waals surface area contributed by atoms with Gasteiger partial charge in [-0.05, 0) is 51.8 Å². The van der Waals surface area contributed by atoms with Crippen LogP contribution in [-0.2, 0) is 6.42 Å². The van der Waals surface area contributed by atoms with E-state index in [0.717, 1.165) is 36.1 Å². The first-order valence-electron chi connectivity index (χ1n) is 7.49. The molecule has 114 valence electrons. The molecule has 2 rings (SSSR count). The third kappa shape index (κ3) is 3.30. The Balaban J connectivity index is 2.27. The highest BCUT2D eigenvalue weighted by Crippen LogP contribution is 2.30. The maximum Gasteiger partial charge on any atom is 0.125 e. The van der Waals surface area contributed by atoms with E-state index in [2.05, 4.69) is 44.2 Å². The van der Waals surface area contributed by atoms with Crippen LogP contribution in [0.4, 0.5) is 0 Å². The number of phenols is 1. The molecule has 1 heterocycles. The van der Waals surface area contributed by atoms with Gasteiger partial charge < -0.3 is 10.1 Å². The van der Waals surface area contributed by atoms with Crippen LogP contribution in [0, 0.1) is 6.92 Å². The van der Waals surface area contributed by atoms with Gasteiger partial charge in [0.05, 0.1) is 0 Å². The SMILES string of the molecule is C=CCN(CCc1c(C)[nH]c2cccc(O)c12)C(C)(C)C. The highest BCUT2D eigenvalue weighted by molar-refractivity contribution is 5.90. The molecule has 0 saturated heterocycles. The molecule has 0 bridgehead atoms.